The van der Waals surface area contributed by atoms with E-state index >= 15 is 0 Å². The van der Waals surface area contributed by atoms with Crippen LogP contribution >= 0.6 is 11.6 Å². The van der Waals surface area contributed by atoms with Gasteiger partial charge in [-0.05, 0) is 30.5 Å². The van der Waals surface area contributed by atoms with Crippen molar-refractivity contribution in [2.45, 2.75) is 19.3 Å². The number of carbonyl (C=O) groups excluding carboxylic acids is 1. The van der Waals surface area contributed by atoms with Gasteiger partial charge in [-0.25, -0.2) is 0 Å². The standard InChI is InChI=1S/C16H15ClO/c1-12(18)15(13-7-3-2-4-8-13)11-14-9-5-6-10-16(14)17/h2-10,15H,11H2,1H3/t15-/m0/s1. The van der Waals surface area contributed by atoms with Crippen LogP contribution in [0.3, 0.4) is 0 Å². The Balaban J connectivity index is 2.28. The monoisotopic (exact) mass is 258 g/mol. The molecule has 0 aliphatic heterocycles. The van der Waals surface area contributed by atoms with Gasteiger partial charge in [-0.2, -0.15) is 0 Å². The number of hydrogen-bond donors (Lipinski definition) is 0. The summed E-state index contributed by atoms with van der Waals surface area (Å²) in [5, 5.41) is 0.722. The molecule has 0 unspecified atom stereocenters. The number of halogens is 1. The highest BCUT2D eigenvalue weighted by Gasteiger charge is 2.18. The van der Waals surface area contributed by atoms with Crippen LogP contribution in [0.1, 0.15) is 24.0 Å². The van der Waals surface area contributed by atoms with Crippen molar-refractivity contribution in [1.82, 2.24) is 0 Å². The molecule has 0 radical (unpaired) electrons. The average molecular weight is 259 g/mol. The molecule has 0 N–H and O–H groups in total. The van der Waals surface area contributed by atoms with Crippen molar-refractivity contribution in [3.05, 3.63) is 70.7 Å². The Morgan fingerprint density at radius 3 is 2.28 bits per heavy atom. The van der Waals surface area contributed by atoms with E-state index in [0.29, 0.717) is 6.42 Å². The summed E-state index contributed by atoms with van der Waals surface area (Å²) in [5.41, 5.74) is 2.06. The Hall–Kier alpha value is -1.60. The zero-order valence-electron chi connectivity index (χ0n) is 10.3. The first-order valence-corrected chi connectivity index (χ1v) is 6.35. The molecule has 0 saturated carbocycles. The molecular weight excluding hydrogens is 244 g/mol. The molecule has 0 spiro atoms. The van der Waals surface area contributed by atoms with Gasteiger partial charge in [0.15, 0.2) is 0 Å². The summed E-state index contributed by atoms with van der Waals surface area (Å²) in [6.07, 6.45) is 0.652. The Morgan fingerprint density at radius 1 is 1.06 bits per heavy atom. The van der Waals surface area contributed by atoms with Gasteiger partial charge in [0.05, 0.1) is 0 Å². The number of hydrogen-bond acceptors (Lipinski definition) is 1. The lowest BCUT2D eigenvalue weighted by Crippen LogP contribution is -2.12. The summed E-state index contributed by atoms with van der Waals surface area (Å²) in [6.45, 7) is 1.63. The third-order valence-electron chi connectivity index (χ3n) is 3.07. The van der Waals surface area contributed by atoms with E-state index < -0.39 is 0 Å². The van der Waals surface area contributed by atoms with E-state index in [1.165, 1.54) is 0 Å². The predicted molar refractivity (Wildman–Crippen MR) is 75.0 cm³/mol. The second kappa shape index (κ2) is 5.83. The molecule has 2 rings (SSSR count). The lowest BCUT2D eigenvalue weighted by atomic mass is 9.89. The zero-order valence-corrected chi connectivity index (χ0v) is 11.0. The van der Waals surface area contributed by atoms with Crippen molar-refractivity contribution in [2.75, 3.05) is 0 Å². The van der Waals surface area contributed by atoms with E-state index in [9.17, 15) is 4.79 Å². The first-order chi connectivity index (χ1) is 8.68. The molecule has 1 nitrogen and oxygen atoms in total. The highest BCUT2D eigenvalue weighted by atomic mass is 35.5. The minimum Gasteiger partial charge on any atom is -0.299 e. The van der Waals surface area contributed by atoms with Crippen molar-refractivity contribution < 1.29 is 4.79 Å². The van der Waals surface area contributed by atoms with Crippen LogP contribution in [0, 0.1) is 0 Å². The zero-order chi connectivity index (χ0) is 13.0. The Kier molecular flexibility index (Phi) is 4.16. The number of carbonyl (C=O) groups is 1. The van der Waals surface area contributed by atoms with Crippen molar-refractivity contribution in [3.8, 4) is 0 Å². The lowest BCUT2D eigenvalue weighted by molar-refractivity contribution is -0.118. The van der Waals surface area contributed by atoms with Crippen molar-refractivity contribution in [3.63, 3.8) is 0 Å². The molecule has 2 aromatic rings. The fourth-order valence-electron chi connectivity index (χ4n) is 2.07. The van der Waals surface area contributed by atoms with E-state index in [1.807, 2.05) is 54.6 Å². The van der Waals surface area contributed by atoms with E-state index in [-0.39, 0.29) is 11.7 Å². The second-order valence-electron chi connectivity index (χ2n) is 4.37. The summed E-state index contributed by atoms with van der Waals surface area (Å²) in [6, 6.07) is 17.5. The van der Waals surface area contributed by atoms with Crippen LogP contribution < -0.4 is 0 Å². The molecule has 0 bridgehead atoms. The van der Waals surface area contributed by atoms with Gasteiger partial charge in [-0.1, -0.05) is 60.1 Å². The largest absolute Gasteiger partial charge is 0.299 e. The molecule has 0 aliphatic rings. The van der Waals surface area contributed by atoms with Crippen molar-refractivity contribution >= 4 is 17.4 Å². The van der Waals surface area contributed by atoms with Gasteiger partial charge in [-0.15, -0.1) is 0 Å². The van der Waals surface area contributed by atoms with Crippen LogP contribution in [0.25, 0.3) is 0 Å². The Labute approximate surface area is 112 Å². The van der Waals surface area contributed by atoms with Crippen molar-refractivity contribution in [1.29, 1.82) is 0 Å². The van der Waals surface area contributed by atoms with Gasteiger partial charge in [0.25, 0.3) is 0 Å². The van der Waals surface area contributed by atoms with Gasteiger partial charge in [0.2, 0.25) is 0 Å². The maximum atomic E-state index is 11.8. The summed E-state index contributed by atoms with van der Waals surface area (Å²) in [4.78, 5) is 11.8. The molecular formula is C16H15ClO. The quantitative estimate of drug-likeness (QED) is 0.801. The molecule has 0 aromatic heterocycles. The smallest absolute Gasteiger partial charge is 0.137 e. The molecule has 2 aromatic carbocycles. The van der Waals surface area contributed by atoms with Crippen LogP contribution in [0.5, 0.6) is 0 Å². The molecule has 2 heteroatoms. The van der Waals surface area contributed by atoms with Crippen molar-refractivity contribution in [2.24, 2.45) is 0 Å². The lowest BCUT2D eigenvalue weighted by Gasteiger charge is -2.15. The molecule has 0 fully saturated rings. The highest BCUT2D eigenvalue weighted by molar-refractivity contribution is 6.31. The third kappa shape index (κ3) is 2.99. The van der Waals surface area contributed by atoms with Crippen LogP contribution in [0.4, 0.5) is 0 Å². The molecule has 0 heterocycles. The van der Waals surface area contributed by atoms with Crippen LogP contribution in [0.2, 0.25) is 5.02 Å². The van der Waals surface area contributed by atoms with Gasteiger partial charge in [0, 0.05) is 10.9 Å². The molecule has 0 saturated heterocycles. The van der Waals surface area contributed by atoms with Gasteiger partial charge in [-0.3, -0.25) is 4.79 Å². The predicted octanol–water partition coefficient (Wildman–Crippen LogP) is 4.26. The third-order valence-corrected chi connectivity index (χ3v) is 3.44. The normalized spacial score (nSPS) is 12.1. The van der Waals surface area contributed by atoms with E-state index in [0.717, 1.165) is 16.1 Å². The van der Waals surface area contributed by atoms with Crippen LogP contribution in [-0.2, 0) is 11.2 Å². The Morgan fingerprint density at radius 2 is 1.67 bits per heavy atom. The van der Waals surface area contributed by atoms with E-state index in [1.54, 1.807) is 6.92 Å². The van der Waals surface area contributed by atoms with Gasteiger partial charge >= 0.3 is 0 Å². The van der Waals surface area contributed by atoms with Crippen LogP contribution in [0.15, 0.2) is 54.6 Å². The highest BCUT2D eigenvalue weighted by Crippen LogP contribution is 2.25. The minimum absolute atomic E-state index is 0.119. The minimum atomic E-state index is -0.119. The Bertz CT molecular complexity index is 534. The molecule has 0 aliphatic carbocycles. The number of rotatable bonds is 4. The van der Waals surface area contributed by atoms with E-state index in [2.05, 4.69) is 0 Å². The van der Waals surface area contributed by atoms with Crippen LogP contribution in [-0.4, -0.2) is 5.78 Å². The number of benzene rings is 2. The summed E-state index contributed by atoms with van der Waals surface area (Å²) >= 11 is 6.15. The van der Waals surface area contributed by atoms with E-state index in [4.69, 9.17) is 11.6 Å². The molecule has 18 heavy (non-hydrogen) atoms. The maximum absolute atomic E-state index is 11.8. The average Bonchev–Trinajstić information content (AvgIpc) is 2.38. The molecule has 92 valence electrons. The summed E-state index contributed by atoms with van der Waals surface area (Å²) in [5.74, 6) is 0.0484. The number of Topliss-reactive ketones (excluding diaryl/α,β-unsaturated/α-hetero) is 1. The summed E-state index contributed by atoms with van der Waals surface area (Å²) < 4.78 is 0. The molecule has 1 atom stereocenters. The van der Waals surface area contributed by atoms with Gasteiger partial charge < -0.3 is 0 Å². The fourth-order valence-corrected chi connectivity index (χ4v) is 2.28. The molecule has 0 amide bonds. The maximum Gasteiger partial charge on any atom is 0.137 e. The number of ketones is 1. The topological polar surface area (TPSA) is 17.1 Å². The summed E-state index contributed by atoms with van der Waals surface area (Å²) in [7, 11) is 0. The SMILES string of the molecule is CC(=O)[C@H](Cc1ccccc1Cl)c1ccccc1. The first-order valence-electron chi connectivity index (χ1n) is 5.97. The fraction of sp³-hybridized carbons (Fsp3) is 0.188. The van der Waals surface area contributed by atoms with Gasteiger partial charge in [0.1, 0.15) is 5.78 Å². The first kappa shape index (κ1) is 12.8. The second-order valence-corrected chi connectivity index (χ2v) is 4.78.